The van der Waals surface area contributed by atoms with Crippen molar-refractivity contribution in [2.24, 2.45) is 0 Å². The molecule has 0 aromatic heterocycles. The minimum absolute atomic E-state index is 0.506. The number of nitriles is 1. The van der Waals surface area contributed by atoms with Crippen molar-refractivity contribution in [2.45, 2.75) is 31.2 Å². The van der Waals surface area contributed by atoms with Crippen molar-refractivity contribution < 1.29 is 0 Å². The number of hydrogen-bond donors (Lipinski definition) is 1. The van der Waals surface area contributed by atoms with E-state index in [0.29, 0.717) is 5.92 Å². The van der Waals surface area contributed by atoms with Crippen molar-refractivity contribution >= 4 is 21.6 Å². The third-order valence-electron chi connectivity index (χ3n) is 4.28. The Morgan fingerprint density at radius 1 is 1.24 bits per heavy atom. The van der Waals surface area contributed by atoms with Gasteiger partial charge in [0.05, 0.1) is 6.07 Å². The third-order valence-corrected chi connectivity index (χ3v) is 4.77. The predicted octanol–water partition coefficient (Wildman–Crippen LogP) is 5.18. The van der Waals surface area contributed by atoms with E-state index in [0.717, 1.165) is 28.6 Å². The molecule has 2 aromatic carbocycles. The van der Waals surface area contributed by atoms with E-state index in [2.05, 4.69) is 52.4 Å². The topological polar surface area (TPSA) is 35.8 Å². The normalized spacial score (nSPS) is 24.0. The molecule has 106 valence electrons. The number of nitrogens with one attached hydrogen (secondary N) is 1. The van der Waals surface area contributed by atoms with Crippen LogP contribution in [0.4, 0.5) is 5.69 Å². The molecule has 0 aliphatic heterocycles. The van der Waals surface area contributed by atoms with E-state index >= 15 is 0 Å². The quantitative estimate of drug-likeness (QED) is 0.817. The summed E-state index contributed by atoms with van der Waals surface area (Å²) in [5.74, 6) is 0.506. The van der Waals surface area contributed by atoms with Gasteiger partial charge in [-0.25, -0.2) is 0 Å². The molecule has 2 nitrogen and oxygen atoms in total. The number of benzene rings is 2. The SMILES string of the molecule is CC1CCC(C#N)(Nc2cccc(Br)c2)c2ccccc21. The number of nitrogens with zero attached hydrogens (tertiary/aromatic N) is 1. The van der Waals surface area contributed by atoms with Crippen LogP contribution in [0.5, 0.6) is 0 Å². The van der Waals surface area contributed by atoms with Gasteiger partial charge in [-0.15, -0.1) is 0 Å². The largest absolute Gasteiger partial charge is 0.364 e. The van der Waals surface area contributed by atoms with Gasteiger partial charge in [0.1, 0.15) is 0 Å². The summed E-state index contributed by atoms with van der Waals surface area (Å²) in [5, 5.41) is 13.4. The van der Waals surface area contributed by atoms with E-state index in [9.17, 15) is 5.26 Å². The number of halogens is 1. The highest BCUT2D eigenvalue weighted by atomic mass is 79.9. The lowest BCUT2D eigenvalue weighted by Crippen LogP contribution is -2.38. The van der Waals surface area contributed by atoms with Crippen LogP contribution in [-0.2, 0) is 5.54 Å². The molecular weight excluding hydrogens is 324 g/mol. The highest BCUT2D eigenvalue weighted by Gasteiger charge is 2.38. The first-order valence-electron chi connectivity index (χ1n) is 7.19. The first-order valence-corrected chi connectivity index (χ1v) is 7.98. The fourth-order valence-corrected chi connectivity index (χ4v) is 3.52. The molecule has 3 heteroatoms. The average Bonchev–Trinajstić information content (AvgIpc) is 2.51. The number of fused-ring (bicyclic) bond motifs is 1. The molecule has 2 unspecified atom stereocenters. The third kappa shape index (κ3) is 2.56. The Balaban J connectivity index is 2.06. The van der Waals surface area contributed by atoms with E-state index in [1.807, 2.05) is 30.3 Å². The Morgan fingerprint density at radius 2 is 2.05 bits per heavy atom. The Kier molecular flexibility index (Phi) is 3.73. The maximum absolute atomic E-state index is 9.88. The molecule has 1 N–H and O–H groups in total. The van der Waals surface area contributed by atoms with Crippen molar-refractivity contribution in [3.05, 3.63) is 64.1 Å². The second-order valence-electron chi connectivity index (χ2n) is 5.68. The summed E-state index contributed by atoms with van der Waals surface area (Å²) in [6.07, 6.45) is 1.85. The Bertz CT molecular complexity index is 704. The van der Waals surface area contributed by atoms with Crippen LogP contribution < -0.4 is 5.32 Å². The van der Waals surface area contributed by atoms with Crippen LogP contribution in [0, 0.1) is 11.3 Å². The summed E-state index contributed by atoms with van der Waals surface area (Å²) >= 11 is 3.48. The van der Waals surface area contributed by atoms with Crippen LogP contribution >= 0.6 is 15.9 Å². The number of anilines is 1. The van der Waals surface area contributed by atoms with Crippen LogP contribution in [0.15, 0.2) is 53.0 Å². The van der Waals surface area contributed by atoms with Crippen molar-refractivity contribution in [1.82, 2.24) is 0 Å². The molecule has 0 amide bonds. The average molecular weight is 341 g/mol. The molecule has 0 saturated heterocycles. The van der Waals surface area contributed by atoms with E-state index in [4.69, 9.17) is 0 Å². The van der Waals surface area contributed by atoms with E-state index in [1.54, 1.807) is 0 Å². The van der Waals surface area contributed by atoms with Crippen LogP contribution in [0.2, 0.25) is 0 Å². The molecular formula is C18H17BrN2. The van der Waals surface area contributed by atoms with Crippen LogP contribution in [-0.4, -0.2) is 0 Å². The van der Waals surface area contributed by atoms with Gasteiger partial charge in [0.2, 0.25) is 0 Å². The van der Waals surface area contributed by atoms with Gasteiger partial charge in [0.25, 0.3) is 0 Å². The van der Waals surface area contributed by atoms with Crippen molar-refractivity contribution in [3.8, 4) is 6.07 Å². The van der Waals surface area contributed by atoms with Gasteiger partial charge in [-0.1, -0.05) is 53.2 Å². The maximum atomic E-state index is 9.88. The van der Waals surface area contributed by atoms with E-state index < -0.39 is 5.54 Å². The fraction of sp³-hybridized carbons (Fsp3) is 0.278. The maximum Gasteiger partial charge on any atom is 0.151 e. The molecule has 21 heavy (non-hydrogen) atoms. The minimum atomic E-state index is -0.635. The molecule has 0 radical (unpaired) electrons. The summed E-state index contributed by atoms with van der Waals surface area (Å²) in [5.41, 5.74) is 2.73. The van der Waals surface area contributed by atoms with Gasteiger partial charge in [-0.2, -0.15) is 5.26 Å². The highest BCUT2D eigenvalue weighted by molar-refractivity contribution is 9.10. The zero-order valence-electron chi connectivity index (χ0n) is 11.9. The molecule has 3 rings (SSSR count). The van der Waals surface area contributed by atoms with Crippen LogP contribution in [0.3, 0.4) is 0 Å². The highest BCUT2D eigenvalue weighted by Crippen LogP contribution is 2.42. The molecule has 0 spiro atoms. The Morgan fingerprint density at radius 3 is 2.81 bits per heavy atom. The molecule has 1 aliphatic carbocycles. The van der Waals surface area contributed by atoms with Gasteiger partial charge in [-0.05, 0) is 48.1 Å². The van der Waals surface area contributed by atoms with E-state index in [1.165, 1.54) is 5.56 Å². The minimum Gasteiger partial charge on any atom is -0.364 e. The molecule has 0 saturated carbocycles. The van der Waals surface area contributed by atoms with Gasteiger partial charge >= 0.3 is 0 Å². The van der Waals surface area contributed by atoms with Crippen molar-refractivity contribution in [2.75, 3.05) is 5.32 Å². The zero-order valence-corrected chi connectivity index (χ0v) is 13.5. The lowest BCUT2D eigenvalue weighted by atomic mass is 9.73. The molecule has 0 bridgehead atoms. The fourth-order valence-electron chi connectivity index (χ4n) is 3.13. The Labute approximate surface area is 133 Å². The lowest BCUT2D eigenvalue weighted by molar-refractivity contribution is 0.462. The first-order chi connectivity index (χ1) is 10.1. The summed E-state index contributed by atoms with van der Waals surface area (Å²) in [6.45, 7) is 2.24. The van der Waals surface area contributed by atoms with Crippen molar-refractivity contribution in [1.29, 1.82) is 5.26 Å². The second kappa shape index (κ2) is 5.54. The molecule has 1 aliphatic rings. The van der Waals surface area contributed by atoms with Gasteiger partial charge in [-0.3, -0.25) is 0 Å². The molecule has 2 aromatic rings. The van der Waals surface area contributed by atoms with E-state index in [-0.39, 0.29) is 0 Å². The zero-order chi connectivity index (χ0) is 14.9. The summed E-state index contributed by atoms with van der Waals surface area (Å²) in [4.78, 5) is 0. The monoisotopic (exact) mass is 340 g/mol. The molecule has 0 fully saturated rings. The smallest absolute Gasteiger partial charge is 0.151 e. The first kappa shape index (κ1) is 14.2. The predicted molar refractivity (Wildman–Crippen MR) is 89.1 cm³/mol. The van der Waals surface area contributed by atoms with Gasteiger partial charge in [0.15, 0.2) is 5.54 Å². The van der Waals surface area contributed by atoms with Gasteiger partial charge in [0, 0.05) is 10.2 Å². The standard InChI is InChI=1S/C18H17BrN2/c1-13-9-10-18(12-20,17-8-3-2-7-16(13)17)21-15-6-4-5-14(19)11-15/h2-8,11,13,21H,9-10H2,1H3. The van der Waals surface area contributed by atoms with Gasteiger partial charge < -0.3 is 5.32 Å². The summed E-state index contributed by atoms with van der Waals surface area (Å²) in [6, 6.07) is 18.8. The molecule has 0 heterocycles. The summed E-state index contributed by atoms with van der Waals surface area (Å²) in [7, 11) is 0. The van der Waals surface area contributed by atoms with Crippen LogP contribution in [0.1, 0.15) is 36.8 Å². The lowest BCUT2D eigenvalue weighted by Gasteiger charge is -2.37. The molecule has 2 atom stereocenters. The van der Waals surface area contributed by atoms with Crippen LogP contribution in [0.25, 0.3) is 0 Å². The summed E-state index contributed by atoms with van der Waals surface area (Å²) < 4.78 is 1.01. The Hall–Kier alpha value is -1.79. The number of rotatable bonds is 2. The van der Waals surface area contributed by atoms with Crippen molar-refractivity contribution in [3.63, 3.8) is 0 Å². The number of hydrogen-bond acceptors (Lipinski definition) is 2. The second-order valence-corrected chi connectivity index (χ2v) is 6.60.